The van der Waals surface area contributed by atoms with Gasteiger partial charge in [-0.25, -0.2) is 0 Å². The highest BCUT2D eigenvalue weighted by Gasteiger charge is 2.28. The van der Waals surface area contributed by atoms with E-state index in [1.165, 1.54) is 4.57 Å². The monoisotopic (exact) mass is 329 g/mol. The first-order valence-electron chi connectivity index (χ1n) is 7.86. The van der Waals surface area contributed by atoms with Crippen molar-refractivity contribution in [2.24, 2.45) is 0 Å². The van der Waals surface area contributed by atoms with E-state index in [2.05, 4.69) is 6.07 Å². The molecule has 0 aliphatic heterocycles. The lowest BCUT2D eigenvalue weighted by Gasteiger charge is -2.15. The van der Waals surface area contributed by atoms with Gasteiger partial charge in [-0.05, 0) is 35.4 Å². The molecular weight excluding hydrogens is 314 g/mol. The number of methoxy groups -OCH3 is 1. The zero-order valence-corrected chi connectivity index (χ0v) is 13.6. The number of benzene rings is 2. The molecule has 0 saturated carbocycles. The van der Waals surface area contributed by atoms with Gasteiger partial charge in [0.1, 0.15) is 23.2 Å². The molecule has 5 nitrogen and oxygen atoms in total. The molecule has 1 aliphatic rings. The highest BCUT2D eigenvalue weighted by Crippen LogP contribution is 2.39. The van der Waals surface area contributed by atoms with Gasteiger partial charge in [-0.15, -0.1) is 0 Å². The van der Waals surface area contributed by atoms with Crippen LogP contribution in [0.25, 0.3) is 16.8 Å². The zero-order valence-electron chi connectivity index (χ0n) is 13.6. The molecule has 4 rings (SSSR count). The van der Waals surface area contributed by atoms with E-state index in [-0.39, 0.29) is 11.4 Å². The lowest BCUT2D eigenvalue weighted by atomic mass is 10.0. The highest BCUT2D eigenvalue weighted by atomic mass is 16.5. The van der Waals surface area contributed by atoms with Crippen LogP contribution >= 0.6 is 0 Å². The summed E-state index contributed by atoms with van der Waals surface area (Å²) in [7, 11) is 1.58. The summed E-state index contributed by atoms with van der Waals surface area (Å²) in [6.07, 6.45) is 0.509. The van der Waals surface area contributed by atoms with Crippen molar-refractivity contribution in [1.82, 2.24) is 4.57 Å². The van der Waals surface area contributed by atoms with Gasteiger partial charge in [0.05, 0.1) is 12.8 Å². The third-order valence-corrected chi connectivity index (χ3v) is 4.61. The van der Waals surface area contributed by atoms with Gasteiger partial charge >= 0.3 is 0 Å². The maximum atomic E-state index is 13.1. The van der Waals surface area contributed by atoms with Crippen LogP contribution in [0.4, 0.5) is 5.82 Å². The van der Waals surface area contributed by atoms with E-state index in [0.29, 0.717) is 34.5 Å². The third kappa shape index (κ3) is 2.12. The number of fused-ring (bicyclic) bond motifs is 3. The lowest BCUT2D eigenvalue weighted by molar-refractivity contribution is 0.414. The largest absolute Gasteiger partial charge is 0.497 e. The number of hydrogen-bond donors (Lipinski definition) is 1. The number of anilines is 1. The molecule has 122 valence electrons. The molecule has 0 atom stereocenters. The summed E-state index contributed by atoms with van der Waals surface area (Å²) < 4.78 is 6.56. The van der Waals surface area contributed by atoms with Crippen molar-refractivity contribution in [2.75, 3.05) is 12.8 Å². The van der Waals surface area contributed by atoms with Crippen LogP contribution < -0.4 is 16.0 Å². The molecule has 0 amide bonds. The normalized spacial score (nSPS) is 11.5. The number of nitriles is 1. The molecule has 0 radical (unpaired) electrons. The number of nitrogens with two attached hydrogens (primary N) is 1. The van der Waals surface area contributed by atoms with Crippen molar-refractivity contribution in [1.29, 1.82) is 5.26 Å². The van der Waals surface area contributed by atoms with Crippen LogP contribution in [0.15, 0.2) is 53.3 Å². The molecule has 1 aromatic heterocycles. The van der Waals surface area contributed by atoms with Crippen molar-refractivity contribution < 1.29 is 4.74 Å². The molecule has 1 aliphatic carbocycles. The molecule has 0 fully saturated rings. The molecule has 5 heteroatoms. The number of nitrogens with zero attached hydrogens (tertiary/aromatic N) is 2. The summed E-state index contributed by atoms with van der Waals surface area (Å²) in [6.45, 7) is 0. The third-order valence-electron chi connectivity index (χ3n) is 4.61. The minimum absolute atomic E-state index is 0.160. The molecule has 3 aromatic rings. The summed E-state index contributed by atoms with van der Waals surface area (Å²) in [6, 6.07) is 17.0. The molecule has 2 aromatic carbocycles. The second-order valence-corrected chi connectivity index (χ2v) is 5.90. The first kappa shape index (κ1) is 15.0. The van der Waals surface area contributed by atoms with Crippen LogP contribution in [0.1, 0.15) is 16.7 Å². The Labute approximate surface area is 144 Å². The summed E-state index contributed by atoms with van der Waals surface area (Å²) in [5.74, 6) is 0.845. The fourth-order valence-electron chi connectivity index (χ4n) is 3.41. The molecular formula is C20H15N3O2. The van der Waals surface area contributed by atoms with Gasteiger partial charge in [0, 0.05) is 17.5 Å². The van der Waals surface area contributed by atoms with E-state index in [9.17, 15) is 10.1 Å². The van der Waals surface area contributed by atoms with Crippen molar-refractivity contribution in [3.8, 4) is 28.6 Å². The van der Waals surface area contributed by atoms with Crippen molar-refractivity contribution in [3.63, 3.8) is 0 Å². The summed E-state index contributed by atoms with van der Waals surface area (Å²) in [5.41, 5.74) is 10.2. The standard InChI is InChI=1S/C20H15N3O2/c1-25-14-8-6-13(7-9-14)23-19(22)17(11-21)18-15-5-3-2-4-12(15)10-16(18)20(23)24/h2-9H,10,22H2,1H3. The number of aromatic nitrogens is 1. The van der Waals surface area contributed by atoms with E-state index >= 15 is 0 Å². The van der Waals surface area contributed by atoms with Gasteiger partial charge in [-0.1, -0.05) is 24.3 Å². The van der Waals surface area contributed by atoms with Crippen molar-refractivity contribution in [2.45, 2.75) is 6.42 Å². The average molecular weight is 329 g/mol. The van der Waals surface area contributed by atoms with Crippen LogP contribution in [-0.2, 0) is 6.42 Å². The predicted molar refractivity (Wildman–Crippen MR) is 96.0 cm³/mol. The summed E-state index contributed by atoms with van der Waals surface area (Å²) >= 11 is 0. The van der Waals surface area contributed by atoms with Gasteiger partial charge in [0.2, 0.25) is 0 Å². The van der Waals surface area contributed by atoms with E-state index in [1.807, 2.05) is 24.3 Å². The van der Waals surface area contributed by atoms with Crippen LogP contribution in [0.3, 0.4) is 0 Å². The summed E-state index contributed by atoms with van der Waals surface area (Å²) in [4.78, 5) is 13.1. The van der Waals surface area contributed by atoms with Crippen LogP contribution in [0, 0.1) is 11.3 Å². The summed E-state index contributed by atoms with van der Waals surface area (Å²) in [5, 5.41) is 9.69. The van der Waals surface area contributed by atoms with Crippen LogP contribution in [-0.4, -0.2) is 11.7 Å². The van der Waals surface area contributed by atoms with Crippen LogP contribution in [0.5, 0.6) is 5.75 Å². The van der Waals surface area contributed by atoms with E-state index in [1.54, 1.807) is 31.4 Å². The van der Waals surface area contributed by atoms with Gasteiger partial charge in [0.25, 0.3) is 5.56 Å². The lowest BCUT2D eigenvalue weighted by Crippen LogP contribution is -2.26. The maximum absolute atomic E-state index is 13.1. The Bertz CT molecular complexity index is 1090. The maximum Gasteiger partial charge on any atom is 0.260 e. The molecule has 1 heterocycles. The topological polar surface area (TPSA) is 81.0 Å². The molecule has 25 heavy (non-hydrogen) atoms. The number of rotatable bonds is 2. The molecule has 2 N–H and O–H groups in total. The molecule has 0 spiro atoms. The van der Waals surface area contributed by atoms with E-state index in [4.69, 9.17) is 10.5 Å². The highest BCUT2D eigenvalue weighted by molar-refractivity contribution is 5.84. The fraction of sp³-hybridized carbons (Fsp3) is 0.100. The van der Waals surface area contributed by atoms with Crippen molar-refractivity contribution >= 4 is 5.82 Å². The minimum atomic E-state index is -0.187. The number of nitrogen functional groups attached to an aromatic ring is 1. The SMILES string of the molecule is COc1ccc(-n2c(N)c(C#N)c3c(c2=O)Cc2ccccc2-3)cc1. The quantitative estimate of drug-likeness (QED) is 0.613. The Morgan fingerprint density at radius 2 is 1.88 bits per heavy atom. The first-order chi connectivity index (χ1) is 12.2. The average Bonchev–Trinajstić information content (AvgIpc) is 3.03. The molecule has 0 unspecified atom stereocenters. The minimum Gasteiger partial charge on any atom is -0.497 e. The Morgan fingerprint density at radius 1 is 1.16 bits per heavy atom. The van der Waals surface area contributed by atoms with Gasteiger partial charge in [-0.3, -0.25) is 9.36 Å². The number of pyridine rings is 1. The smallest absolute Gasteiger partial charge is 0.260 e. The van der Waals surface area contributed by atoms with Crippen molar-refractivity contribution in [3.05, 3.63) is 75.6 Å². The predicted octanol–water partition coefficient (Wildman–Crippen LogP) is 2.87. The number of ether oxygens (including phenoxy) is 1. The Morgan fingerprint density at radius 3 is 2.56 bits per heavy atom. The first-order valence-corrected chi connectivity index (χ1v) is 7.86. The second-order valence-electron chi connectivity index (χ2n) is 5.90. The molecule has 0 saturated heterocycles. The fourth-order valence-corrected chi connectivity index (χ4v) is 3.41. The Hall–Kier alpha value is -3.52. The van der Waals surface area contributed by atoms with Gasteiger partial charge in [0.15, 0.2) is 0 Å². The van der Waals surface area contributed by atoms with E-state index in [0.717, 1.165) is 11.1 Å². The second kappa shape index (κ2) is 5.53. The van der Waals surface area contributed by atoms with Gasteiger partial charge in [-0.2, -0.15) is 5.26 Å². The Balaban J connectivity index is 2.02. The zero-order chi connectivity index (χ0) is 17.6. The Kier molecular flexibility index (Phi) is 3.33. The van der Waals surface area contributed by atoms with Gasteiger partial charge < -0.3 is 10.5 Å². The van der Waals surface area contributed by atoms with E-state index < -0.39 is 0 Å². The van der Waals surface area contributed by atoms with Crippen LogP contribution in [0.2, 0.25) is 0 Å². The molecule has 0 bridgehead atoms. The number of hydrogen-bond acceptors (Lipinski definition) is 4.